The smallest absolute Gasteiger partial charge is 0.305 e. The summed E-state index contributed by atoms with van der Waals surface area (Å²) in [6.07, 6.45) is 80.3. The number of carbonyl (C=O) groups is 2. The number of ether oxygens (including phenoxy) is 3. The van der Waals surface area contributed by atoms with Crippen molar-refractivity contribution in [3.05, 3.63) is 48.6 Å². The van der Waals surface area contributed by atoms with E-state index in [0.717, 1.165) is 70.6 Å². The van der Waals surface area contributed by atoms with Gasteiger partial charge in [-0.05, 0) is 64.2 Å². The third kappa shape index (κ3) is 60.4. The molecule has 0 rings (SSSR count). The van der Waals surface area contributed by atoms with Gasteiger partial charge in [0.25, 0.3) is 0 Å². The molecule has 0 heterocycles. The van der Waals surface area contributed by atoms with Crippen molar-refractivity contribution in [2.24, 2.45) is 0 Å². The lowest BCUT2D eigenvalue weighted by Crippen LogP contribution is -2.29. The molecule has 72 heavy (non-hydrogen) atoms. The maximum atomic E-state index is 12.7. The Morgan fingerprint density at radius 3 is 0.847 bits per heavy atom. The second-order valence-electron chi connectivity index (χ2n) is 21.7. The summed E-state index contributed by atoms with van der Waals surface area (Å²) in [6.45, 7) is 7.74. The Kier molecular flexibility index (Phi) is 61.3. The summed E-state index contributed by atoms with van der Waals surface area (Å²) in [5, 5.41) is 0. The molecular formula is C67H124O5. The first kappa shape index (κ1) is 69.9. The summed E-state index contributed by atoms with van der Waals surface area (Å²) in [7, 11) is 0. The average Bonchev–Trinajstić information content (AvgIpc) is 3.38. The van der Waals surface area contributed by atoms with Crippen LogP contribution in [0.1, 0.15) is 342 Å². The van der Waals surface area contributed by atoms with Gasteiger partial charge in [0, 0.05) is 19.4 Å². The predicted octanol–water partition coefficient (Wildman–Crippen LogP) is 22.2. The van der Waals surface area contributed by atoms with E-state index in [4.69, 9.17) is 14.2 Å². The topological polar surface area (TPSA) is 61.8 Å². The van der Waals surface area contributed by atoms with Crippen molar-refractivity contribution in [1.29, 1.82) is 0 Å². The van der Waals surface area contributed by atoms with Gasteiger partial charge >= 0.3 is 11.9 Å². The first-order valence-electron chi connectivity index (χ1n) is 32.2. The van der Waals surface area contributed by atoms with Crippen molar-refractivity contribution in [3.63, 3.8) is 0 Å². The van der Waals surface area contributed by atoms with Crippen LogP contribution in [0.15, 0.2) is 48.6 Å². The maximum Gasteiger partial charge on any atom is 0.305 e. The molecule has 5 heteroatoms. The Labute approximate surface area is 450 Å². The zero-order valence-electron chi connectivity index (χ0n) is 48.7. The lowest BCUT2D eigenvalue weighted by molar-refractivity contribution is -0.155. The summed E-state index contributed by atoms with van der Waals surface area (Å²) in [6, 6.07) is 0. The zero-order valence-corrected chi connectivity index (χ0v) is 48.7. The van der Waals surface area contributed by atoms with Crippen LogP contribution in [-0.2, 0) is 23.8 Å². The van der Waals surface area contributed by atoms with E-state index in [1.165, 1.54) is 238 Å². The molecule has 0 aliphatic carbocycles. The first-order valence-corrected chi connectivity index (χ1v) is 32.2. The number of carbonyl (C=O) groups excluding carboxylic acids is 2. The molecule has 0 saturated heterocycles. The van der Waals surface area contributed by atoms with Gasteiger partial charge < -0.3 is 14.2 Å². The van der Waals surface area contributed by atoms with E-state index >= 15 is 0 Å². The van der Waals surface area contributed by atoms with E-state index in [9.17, 15) is 9.59 Å². The van der Waals surface area contributed by atoms with Crippen LogP contribution in [-0.4, -0.2) is 37.9 Å². The summed E-state index contributed by atoms with van der Waals surface area (Å²) in [5.41, 5.74) is 0. The van der Waals surface area contributed by atoms with E-state index in [1.807, 2.05) is 0 Å². The minimum atomic E-state index is -0.411. The molecular weight excluding hydrogens is 885 g/mol. The predicted molar refractivity (Wildman–Crippen MR) is 316 cm³/mol. The first-order chi connectivity index (χ1) is 35.6. The molecule has 0 aromatic carbocycles. The largest absolute Gasteiger partial charge is 0.463 e. The normalized spacial score (nSPS) is 12.4. The number of hydrogen-bond acceptors (Lipinski definition) is 5. The Balaban J connectivity index is 4.25. The molecule has 0 fully saturated rings. The van der Waals surface area contributed by atoms with Gasteiger partial charge in [0.05, 0.1) is 0 Å². The second kappa shape index (κ2) is 63.2. The molecule has 5 nitrogen and oxygen atoms in total. The third-order valence-corrected chi connectivity index (χ3v) is 14.4. The van der Waals surface area contributed by atoms with Crippen LogP contribution in [0.2, 0.25) is 0 Å². The number of hydrogen-bond donors (Lipinski definition) is 0. The van der Waals surface area contributed by atoms with E-state index < -0.39 is 6.10 Å². The highest BCUT2D eigenvalue weighted by atomic mass is 16.6. The van der Waals surface area contributed by atoms with Gasteiger partial charge in [-0.3, -0.25) is 9.59 Å². The molecule has 0 aliphatic heterocycles. The molecule has 0 unspecified atom stereocenters. The second-order valence-corrected chi connectivity index (χ2v) is 21.7. The lowest BCUT2D eigenvalue weighted by Gasteiger charge is -2.18. The number of rotatable bonds is 60. The lowest BCUT2D eigenvalue weighted by atomic mass is 10.0. The van der Waals surface area contributed by atoms with Crippen LogP contribution in [0, 0.1) is 0 Å². The highest BCUT2D eigenvalue weighted by molar-refractivity contribution is 5.69. The molecule has 0 aromatic rings. The van der Waals surface area contributed by atoms with Crippen LogP contribution < -0.4 is 0 Å². The number of unbranched alkanes of at least 4 members (excludes halogenated alkanes) is 41. The minimum Gasteiger partial charge on any atom is -0.463 e. The van der Waals surface area contributed by atoms with Crippen LogP contribution in [0.5, 0.6) is 0 Å². The molecule has 0 aromatic heterocycles. The Bertz CT molecular complexity index is 1190. The molecule has 1 atom stereocenters. The maximum absolute atomic E-state index is 12.7. The third-order valence-electron chi connectivity index (χ3n) is 14.4. The van der Waals surface area contributed by atoms with Crippen molar-refractivity contribution >= 4 is 11.9 Å². The molecule has 0 amide bonds. The van der Waals surface area contributed by atoms with Crippen molar-refractivity contribution in [3.8, 4) is 0 Å². The van der Waals surface area contributed by atoms with E-state index in [1.54, 1.807) is 0 Å². The highest BCUT2D eigenvalue weighted by Gasteiger charge is 2.16. The van der Waals surface area contributed by atoms with Crippen LogP contribution >= 0.6 is 0 Å². The number of allylic oxidation sites excluding steroid dienone is 8. The fourth-order valence-electron chi connectivity index (χ4n) is 9.53. The van der Waals surface area contributed by atoms with Crippen LogP contribution in [0.25, 0.3) is 0 Å². The molecule has 0 N–H and O–H groups in total. The van der Waals surface area contributed by atoms with Gasteiger partial charge in [-0.2, -0.15) is 0 Å². The van der Waals surface area contributed by atoms with Crippen molar-refractivity contribution in [1.82, 2.24) is 0 Å². The van der Waals surface area contributed by atoms with Crippen LogP contribution in [0.3, 0.4) is 0 Å². The summed E-state index contributed by atoms with van der Waals surface area (Å²) < 4.78 is 17.6. The van der Waals surface area contributed by atoms with Crippen molar-refractivity contribution in [2.75, 3.05) is 19.8 Å². The van der Waals surface area contributed by atoms with Gasteiger partial charge in [-0.1, -0.05) is 313 Å². The molecule has 422 valence electrons. The summed E-state index contributed by atoms with van der Waals surface area (Å²) >= 11 is 0. The van der Waals surface area contributed by atoms with Gasteiger partial charge in [0.1, 0.15) is 19.3 Å². The quantitative estimate of drug-likeness (QED) is 0.0345. The van der Waals surface area contributed by atoms with E-state index in [2.05, 4.69) is 69.4 Å². The Hall–Kier alpha value is -2.14. The SMILES string of the molecule is CCCCC/C=C\C/C=C\C/C=C\C/C=C\CCCCCC(=O)OC[C@H](COC(=O)CCCCCCCCCCCCCCCCCCCCCCC)OCCCCCCCCCCCCCCCCCC. The molecule has 0 bridgehead atoms. The van der Waals surface area contributed by atoms with E-state index in [0.29, 0.717) is 19.4 Å². The van der Waals surface area contributed by atoms with Gasteiger partial charge in [-0.15, -0.1) is 0 Å². The fraction of sp³-hybridized carbons (Fsp3) is 0.851. The van der Waals surface area contributed by atoms with Crippen molar-refractivity contribution < 1.29 is 23.8 Å². The van der Waals surface area contributed by atoms with Crippen LogP contribution in [0.4, 0.5) is 0 Å². The molecule has 0 saturated carbocycles. The summed E-state index contributed by atoms with van der Waals surface area (Å²) in [4.78, 5) is 25.4. The molecule has 0 spiro atoms. The van der Waals surface area contributed by atoms with Gasteiger partial charge in [-0.25, -0.2) is 0 Å². The fourth-order valence-corrected chi connectivity index (χ4v) is 9.53. The van der Waals surface area contributed by atoms with E-state index in [-0.39, 0.29) is 25.2 Å². The monoisotopic (exact) mass is 1010 g/mol. The Morgan fingerprint density at radius 2 is 0.528 bits per heavy atom. The minimum absolute atomic E-state index is 0.145. The zero-order chi connectivity index (χ0) is 52.0. The van der Waals surface area contributed by atoms with Gasteiger partial charge in [0.2, 0.25) is 0 Å². The standard InChI is InChI=1S/C67H124O5/c1-4-7-10-13-16-19-22-25-28-31-33-34-36-38-40-43-46-49-52-55-58-61-67(69)72-64-65(70-62-59-56-53-50-47-44-41-30-27-24-21-18-15-12-9-6-3)63-71-66(68)60-57-54-51-48-45-42-39-37-35-32-29-26-23-20-17-14-11-8-5-2/h17,20,26,29,35,37,42,45,65H,4-16,18-19,21-25,27-28,30-34,36,38-41,43-44,46-64H2,1-3H3/b20-17-,29-26-,37-35-,45-42-/t65-/m1/s1. The highest BCUT2D eigenvalue weighted by Crippen LogP contribution is 2.17. The van der Waals surface area contributed by atoms with Crippen molar-refractivity contribution in [2.45, 2.75) is 348 Å². The Morgan fingerprint density at radius 1 is 0.292 bits per heavy atom. The summed E-state index contributed by atoms with van der Waals surface area (Å²) in [5.74, 6) is -0.348. The van der Waals surface area contributed by atoms with Gasteiger partial charge in [0.15, 0.2) is 0 Å². The molecule has 0 aliphatic rings. The average molecular weight is 1010 g/mol. The molecule has 0 radical (unpaired) electrons. The number of esters is 2.